The molecule has 4 aromatic rings. The quantitative estimate of drug-likeness (QED) is 0.352. The zero-order valence-electron chi connectivity index (χ0n) is 17.1. The molecule has 0 unspecified atom stereocenters. The molecule has 0 spiro atoms. The number of rotatable bonds is 4. The van der Waals surface area contributed by atoms with E-state index in [1.165, 1.54) is 0 Å². The minimum absolute atomic E-state index is 0.0664. The highest BCUT2D eigenvalue weighted by molar-refractivity contribution is 5.41. The second-order valence-corrected chi connectivity index (χ2v) is 7.10. The maximum absolute atomic E-state index is 5.46. The summed E-state index contributed by atoms with van der Waals surface area (Å²) in [6, 6.07) is 40.9. The van der Waals surface area contributed by atoms with Gasteiger partial charge in [-0.3, -0.25) is 0 Å². The predicted octanol–water partition coefficient (Wildman–Crippen LogP) is 6.59. The monoisotopic (exact) mass is 398 g/mol. The van der Waals surface area contributed by atoms with Crippen LogP contribution in [0, 0.1) is 24.1 Å². The first-order valence-electron chi connectivity index (χ1n) is 10.3. The largest absolute Gasteiger partial charge is 0.357 e. The number of benzene rings is 4. The molecule has 1 nitrogen and oxygen atoms in total. The van der Waals surface area contributed by atoms with Crippen LogP contribution in [0.4, 0.5) is 0 Å². The second kappa shape index (κ2) is 10.5. The Balaban J connectivity index is 1.56. The van der Waals surface area contributed by atoms with Crippen LogP contribution >= 0.6 is 0 Å². The van der Waals surface area contributed by atoms with Gasteiger partial charge in [0.05, 0.1) is 11.8 Å². The van der Waals surface area contributed by atoms with Crippen molar-refractivity contribution < 1.29 is 4.74 Å². The maximum atomic E-state index is 5.46. The van der Waals surface area contributed by atoms with Crippen LogP contribution in [-0.2, 0) is 4.74 Å². The van der Waals surface area contributed by atoms with Gasteiger partial charge >= 0.3 is 0 Å². The van der Waals surface area contributed by atoms with Gasteiger partial charge in [-0.05, 0) is 34.1 Å². The topological polar surface area (TPSA) is 9.23 Å². The first kappa shape index (κ1) is 20.1. The fourth-order valence-electron chi connectivity index (χ4n) is 3.50. The molecular formula is C30H22O. The molecule has 0 heterocycles. The molecule has 0 fully saturated rings. The number of ether oxygens (including phenoxy) is 1. The molecule has 0 saturated carbocycles. The summed E-state index contributed by atoms with van der Waals surface area (Å²) in [5, 5.41) is 0. The maximum Gasteiger partial charge on any atom is 0.130 e. The Hall–Kier alpha value is -4.20. The van der Waals surface area contributed by atoms with Crippen LogP contribution in [0.5, 0.6) is 0 Å². The van der Waals surface area contributed by atoms with Crippen LogP contribution in [0.25, 0.3) is 0 Å². The third-order valence-electron chi connectivity index (χ3n) is 5.04. The van der Waals surface area contributed by atoms with E-state index < -0.39 is 0 Å². The van der Waals surface area contributed by atoms with E-state index in [1.807, 2.05) is 72.8 Å². The smallest absolute Gasteiger partial charge is 0.130 e. The predicted molar refractivity (Wildman–Crippen MR) is 126 cm³/mol. The lowest BCUT2D eigenvalue weighted by atomic mass is 9.92. The van der Waals surface area contributed by atoms with Gasteiger partial charge in [0, 0.05) is 0 Å². The van der Waals surface area contributed by atoms with Gasteiger partial charge in [-0.2, -0.15) is 0 Å². The van der Waals surface area contributed by atoms with Crippen molar-refractivity contribution in [3.63, 3.8) is 0 Å². The van der Waals surface area contributed by atoms with Crippen LogP contribution < -0.4 is 0 Å². The van der Waals surface area contributed by atoms with E-state index in [0.29, 0.717) is 0 Å². The first-order chi connectivity index (χ1) is 15.4. The third-order valence-corrected chi connectivity index (χ3v) is 5.04. The molecule has 4 rings (SSSR count). The lowest BCUT2D eigenvalue weighted by Crippen LogP contribution is -1.98. The molecule has 0 aromatic heterocycles. The van der Waals surface area contributed by atoms with Crippen LogP contribution in [0.2, 0.25) is 0 Å². The van der Waals surface area contributed by atoms with Crippen molar-refractivity contribution in [3.05, 3.63) is 144 Å². The normalized spacial score (nSPS) is 10.0. The molecule has 148 valence electrons. The first-order valence-corrected chi connectivity index (χ1v) is 10.3. The molecule has 0 radical (unpaired) electrons. The molecule has 4 aromatic carbocycles. The Kier molecular flexibility index (Phi) is 6.83. The summed E-state index contributed by atoms with van der Waals surface area (Å²) in [5.41, 5.74) is 4.52. The average Bonchev–Trinajstić information content (AvgIpc) is 2.86. The van der Waals surface area contributed by atoms with Crippen LogP contribution in [0.3, 0.4) is 0 Å². The van der Waals surface area contributed by atoms with Crippen LogP contribution in [0.1, 0.15) is 34.1 Å². The van der Waals surface area contributed by atoms with Gasteiger partial charge in [-0.15, -0.1) is 0 Å². The van der Waals surface area contributed by atoms with Crippen molar-refractivity contribution in [1.29, 1.82) is 0 Å². The summed E-state index contributed by atoms with van der Waals surface area (Å²) < 4.78 is 5.46. The molecule has 0 amide bonds. The zero-order valence-corrected chi connectivity index (χ0v) is 17.1. The molecule has 0 atom stereocenters. The van der Waals surface area contributed by atoms with Gasteiger partial charge in [0.15, 0.2) is 0 Å². The highest BCUT2D eigenvalue weighted by Gasteiger charge is 2.11. The van der Waals surface area contributed by atoms with E-state index in [4.69, 9.17) is 4.74 Å². The van der Waals surface area contributed by atoms with Crippen molar-refractivity contribution in [2.24, 2.45) is 0 Å². The minimum atomic E-state index is -0.0664. The summed E-state index contributed by atoms with van der Waals surface area (Å²) in [6.07, 6.45) is 5.63. The lowest BCUT2D eigenvalue weighted by molar-refractivity contribution is 0.477. The third kappa shape index (κ3) is 5.45. The van der Waals surface area contributed by atoms with Crippen molar-refractivity contribution in [1.82, 2.24) is 0 Å². The van der Waals surface area contributed by atoms with Gasteiger partial charge in [0.25, 0.3) is 0 Å². The number of hydrogen-bond acceptors (Lipinski definition) is 1. The van der Waals surface area contributed by atoms with Crippen molar-refractivity contribution in [2.75, 3.05) is 0 Å². The highest BCUT2D eigenvalue weighted by Crippen LogP contribution is 2.24. The van der Waals surface area contributed by atoms with Gasteiger partial charge in [-0.1, -0.05) is 121 Å². The van der Waals surface area contributed by atoms with Crippen molar-refractivity contribution in [2.45, 2.75) is 11.8 Å². The van der Waals surface area contributed by atoms with E-state index in [9.17, 15) is 0 Å². The molecule has 0 aliphatic heterocycles. The van der Waals surface area contributed by atoms with Gasteiger partial charge in [0.2, 0.25) is 0 Å². The summed E-state index contributed by atoms with van der Waals surface area (Å²) >= 11 is 0. The fraction of sp³-hybridized carbons (Fsp3) is 0.0667. The van der Waals surface area contributed by atoms with E-state index in [1.54, 1.807) is 0 Å². The van der Waals surface area contributed by atoms with E-state index in [-0.39, 0.29) is 11.8 Å². The highest BCUT2D eigenvalue weighted by atomic mass is 16.5. The average molecular weight is 399 g/mol. The molecule has 0 N–H and O–H groups in total. The summed E-state index contributed by atoms with van der Waals surface area (Å²) in [5.74, 6) is 6.33. The lowest BCUT2D eigenvalue weighted by Gasteiger charge is -2.11. The molecule has 0 bridgehead atoms. The summed E-state index contributed by atoms with van der Waals surface area (Å²) in [6.45, 7) is 0. The summed E-state index contributed by atoms with van der Waals surface area (Å²) in [4.78, 5) is 0. The zero-order chi connectivity index (χ0) is 21.1. The molecule has 0 aliphatic rings. The van der Waals surface area contributed by atoms with Crippen molar-refractivity contribution in [3.8, 4) is 24.1 Å². The molecular weight excluding hydrogens is 376 g/mol. The van der Waals surface area contributed by atoms with Crippen molar-refractivity contribution >= 4 is 0 Å². The molecule has 1 heteroatoms. The summed E-state index contributed by atoms with van der Waals surface area (Å²) in [7, 11) is 0. The Morgan fingerprint density at radius 2 is 0.645 bits per heavy atom. The number of hydrogen-bond donors (Lipinski definition) is 0. The Morgan fingerprint density at radius 3 is 0.903 bits per heavy atom. The van der Waals surface area contributed by atoms with E-state index in [2.05, 4.69) is 72.6 Å². The molecule has 0 aliphatic carbocycles. The minimum Gasteiger partial charge on any atom is -0.357 e. The Morgan fingerprint density at radius 1 is 0.387 bits per heavy atom. The fourth-order valence-corrected chi connectivity index (χ4v) is 3.50. The molecule has 0 saturated heterocycles. The Labute approximate surface area is 184 Å². The van der Waals surface area contributed by atoms with Crippen LogP contribution in [0.15, 0.2) is 121 Å². The molecule has 31 heavy (non-hydrogen) atoms. The van der Waals surface area contributed by atoms with Gasteiger partial charge < -0.3 is 4.74 Å². The SMILES string of the molecule is C(#CC(c1ccccc1)c1ccccc1)OC#CC(c1ccccc1)c1ccccc1. The Bertz CT molecular complexity index is 1010. The van der Waals surface area contributed by atoms with E-state index >= 15 is 0 Å². The standard InChI is InChI=1S/C30H22O/c1-5-13-25(14-6-1)29(26-15-7-2-8-16-26)21-23-31-24-22-30(27-17-9-3-10-18-27)28-19-11-4-12-20-28/h1-20,29-30H. The van der Waals surface area contributed by atoms with Gasteiger partial charge in [-0.25, -0.2) is 0 Å². The van der Waals surface area contributed by atoms with Gasteiger partial charge in [0.1, 0.15) is 12.2 Å². The second-order valence-electron chi connectivity index (χ2n) is 7.10. The van der Waals surface area contributed by atoms with Crippen LogP contribution in [-0.4, -0.2) is 0 Å². The van der Waals surface area contributed by atoms with E-state index in [0.717, 1.165) is 22.3 Å².